The van der Waals surface area contributed by atoms with Crippen LogP contribution in [0.25, 0.3) is 55.5 Å². The Hall–Kier alpha value is -4.51. The Bertz CT molecular complexity index is 1720. The second kappa shape index (κ2) is 6.99. The van der Waals surface area contributed by atoms with Crippen molar-refractivity contribution in [3.63, 3.8) is 0 Å². The molecule has 0 aliphatic rings. The summed E-state index contributed by atoms with van der Waals surface area (Å²) < 4.78 is 4.52. The molecule has 0 radical (unpaired) electrons. The summed E-state index contributed by atoms with van der Waals surface area (Å²) in [7, 11) is 0. The fourth-order valence-electron chi connectivity index (χ4n) is 4.90. The van der Waals surface area contributed by atoms with Gasteiger partial charge in [-0.2, -0.15) is 0 Å². The van der Waals surface area contributed by atoms with Crippen LogP contribution in [0.3, 0.4) is 0 Å². The second-order valence-corrected chi connectivity index (χ2v) is 8.81. The van der Waals surface area contributed by atoms with E-state index in [2.05, 4.69) is 89.7 Å². The monoisotopic (exact) mass is 439 g/mol. The molecule has 0 fully saturated rings. The van der Waals surface area contributed by atoms with E-state index in [1.807, 2.05) is 24.5 Å². The summed E-state index contributed by atoms with van der Waals surface area (Å²) in [5, 5.41) is 0. The van der Waals surface area contributed by atoms with Crippen molar-refractivity contribution >= 4 is 44.1 Å². The van der Waals surface area contributed by atoms with E-state index in [0.717, 1.165) is 55.5 Å². The quantitative estimate of drug-likeness (QED) is 0.302. The third-order valence-electron chi connectivity index (χ3n) is 6.55. The molecule has 5 heteroatoms. The van der Waals surface area contributed by atoms with Crippen LogP contribution in [0.15, 0.2) is 91.3 Å². The lowest BCUT2D eigenvalue weighted by atomic mass is 10.2. The molecule has 0 atom stereocenters. The molecule has 0 N–H and O–H groups in total. The number of benzene rings is 2. The SMILES string of the molecule is Cc1ccc(-n2c3cccnc3c3nc4c5ncccc5n(-c5ccc(C)cc5)c4cc32)cc1. The molecule has 5 heterocycles. The molecule has 2 aromatic carbocycles. The zero-order valence-corrected chi connectivity index (χ0v) is 18.9. The maximum atomic E-state index is 5.19. The lowest BCUT2D eigenvalue weighted by Gasteiger charge is -2.10. The Kier molecular flexibility index (Phi) is 3.91. The molecule has 0 aliphatic heterocycles. The van der Waals surface area contributed by atoms with Crippen LogP contribution in [-0.4, -0.2) is 24.1 Å². The number of aromatic nitrogens is 5. The summed E-state index contributed by atoms with van der Waals surface area (Å²) in [6.07, 6.45) is 3.67. The van der Waals surface area contributed by atoms with Gasteiger partial charge in [-0.15, -0.1) is 0 Å². The van der Waals surface area contributed by atoms with Gasteiger partial charge in [0, 0.05) is 23.8 Å². The van der Waals surface area contributed by atoms with Crippen LogP contribution in [0.5, 0.6) is 0 Å². The molecule has 7 rings (SSSR count). The molecular weight excluding hydrogens is 418 g/mol. The van der Waals surface area contributed by atoms with Crippen LogP contribution in [0.2, 0.25) is 0 Å². The minimum Gasteiger partial charge on any atom is -0.306 e. The van der Waals surface area contributed by atoms with Crippen molar-refractivity contribution in [3.8, 4) is 11.4 Å². The molecule has 0 unspecified atom stereocenters. The van der Waals surface area contributed by atoms with E-state index < -0.39 is 0 Å². The Morgan fingerprint density at radius 3 is 1.38 bits per heavy atom. The zero-order valence-electron chi connectivity index (χ0n) is 18.9. The van der Waals surface area contributed by atoms with Gasteiger partial charge in [-0.05, 0) is 68.4 Å². The molecule has 0 spiro atoms. The Morgan fingerprint density at radius 2 is 0.941 bits per heavy atom. The fraction of sp³-hybridized carbons (Fsp3) is 0.0690. The van der Waals surface area contributed by atoms with Crippen molar-refractivity contribution in [1.82, 2.24) is 24.1 Å². The van der Waals surface area contributed by atoms with Crippen LogP contribution in [-0.2, 0) is 0 Å². The molecule has 0 bridgehead atoms. The standard InChI is InChI=1S/C29H21N5/c1-18-7-11-20(12-8-18)33-22-5-3-15-30-26(22)28-24(33)17-25-29(32-28)27-23(6-4-16-31-27)34(25)21-13-9-19(2)10-14-21/h3-17H,1-2H3. The van der Waals surface area contributed by atoms with Gasteiger partial charge >= 0.3 is 0 Å². The maximum absolute atomic E-state index is 5.19. The van der Waals surface area contributed by atoms with Crippen molar-refractivity contribution in [3.05, 3.63) is 102 Å². The van der Waals surface area contributed by atoms with Gasteiger partial charge < -0.3 is 9.13 Å². The third-order valence-corrected chi connectivity index (χ3v) is 6.55. The smallest absolute Gasteiger partial charge is 0.116 e. The summed E-state index contributed by atoms with van der Waals surface area (Å²) in [6.45, 7) is 4.21. The van der Waals surface area contributed by atoms with Gasteiger partial charge in [0.05, 0.1) is 22.1 Å². The third kappa shape index (κ3) is 2.64. The van der Waals surface area contributed by atoms with E-state index in [0.29, 0.717) is 0 Å². The number of aryl methyl sites for hydroxylation is 2. The number of nitrogens with zero attached hydrogens (tertiary/aromatic N) is 5. The average Bonchev–Trinajstić information content (AvgIpc) is 3.36. The highest BCUT2D eigenvalue weighted by Gasteiger charge is 2.20. The summed E-state index contributed by atoms with van der Waals surface area (Å²) in [4.78, 5) is 14.6. The lowest BCUT2D eigenvalue weighted by molar-refractivity contribution is 1.15. The minimum absolute atomic E-state index is 0.886. The van der Waals surface area contributed by atoms with Crippen molar-refractivity contribution < 1.29 is 0 Å². The fourth-order valence-corrected chi connectivity index (χ4v) is 4.90. The predicted molar refractivity (Wildman–Crippen MR) is 138 cm³/mol. The predicted octanol–water partition coefficient (Wildman–Crippen LogP) is 6.68. The van der Waals surface area contributed by atoms with Gasteiger partial charge in [0.15, 0.2) is 0 Å². The second-order valence-electron chi connectivity index (χ2n) is 8.81. The summed E-state index contributed by atoms with van der Waals surface area (Å²) in [5.41, 5.74) is 12.4. The number of pyridine rings is 3. The number of fused-ring (bicyclic) bond motifs is 6. The van der Waals surface area contributed by atoms with Crippen LogP contribution < -0.4 is 0 Å². The van der Waals surface area contributed by atoms with Gasteiger partial charge in [-0.1, -0.05) is 35.4 Å². The molecule has 0 amide bonds. The van der Waals surface area contributed by atoms with Crippen LogP contribution in [0, 0.1) is 13.8 Å². The molecule has 5 nitrogen and oxygen atoms in total. The van der Waals surface area contributed by atoms with E-state index >= 15 is 0 Å². The first-order valence-corrected chi connectivity index (χ1v) is 11.4. The Labute approximate surface area is 195 Å². The highest BCUT2D eigenvalue weighted by Crippen LogP contribution is 2.36. The lowest BCUT2D eigenvalue weighted by Crippen LogP contribution is -1.96. The van der Waals surface area contributed by atoms with E-state index in [-0.39, 0.29) is 0 Å². The van der Waals surface area contributed by atoms with Crippen molar-refractivity contribution in [1.29, 1.82) is 0 Å². The molecule has 0 aliphatic carbocycles. The van der Waals surface area contributed by atoms with Crippen molar-refractivity contribution in [2.75, 3.05) is 0 Å². The number of hydrogen-bond acceptors (Lipinski definition) is 3. The van der Waals surface area contributed by atoms with Crippen LogP contribution in [0.4, 0.5) is 0 Å². The molecule has 7 aromatic rings. The van der Waals surface area contributed by atoms with Gasteiger partial charge in [-0.25, -0.2) is 4.98 Å². The molecule has 0 saturated carbocycles. The first kappa shape index (κ1) is 19.0. The van der Waals surface area contributed by atoms with Crippen molar-refractivity contribution in [2.45, 2.75) is 13.8 Å². The van der Waals surface area contributed by atoms with Crippen molar-refractivity contribution in [2.24, 2.45) is 0 Å². The highest BCUT2D eigenvalue weighted by molar-refractivity contribution is 6.13. The average molecular weight is 440 g/mol. The molecule has 162 valence electrons. The molecular formula is C29H21N5. The normalized spacial score (nSPS) is 11.8. The van der Waals surface area contributed by atoms with E-state index in [1.54, 1.807) is 0 Å². The minimum atomic E-state index is 0.886. The van der Waals surface area contributed by atoms with Crippen LogP contribution >= 0.6 is 0 Å². The maximum Gasteiger partial charge on any atom is 0.116 e. The Morgan fingerprint density at radius 1 is 0.500 bits per heavy atom. The first-order chi connectivity index (χ1) is 16.7. The molecule has 5 aromatic heterocycles. The van der Waals surface area contributed by atoms with Crippen LogP contribution in [0.1, 0.15) is 11.1 Å². The van der Waals surface area contributed by atoms with E-state index in [1.165, 1.54) is 11.1 Å². The highest BCUT2D eigenvalue weighted by atomic mass is 15.1. The first-order valence-electron chi connectivity index (χ1n) is 11.4. The van der Waals surface area contributed by atoms with Gasteiger partial charge in [-0.3, -0.25) is 9.97 Å². The molecule has 34 heavy (non-hydrogen) atoms. The summed E-state index contributed by atoms with van der Waals surface area (Å²) >= 11 is 0. The van der Waals surface area contributed by atoms with Gasteiger partial charge in [0.1, 0.15) is 22.1 Å². The van der Waals surface area contributed by atoms with E-state index in [4.69, 9.17) is 15.0 Å². The van der Waals surface area contributed by atoms with Gasteiger partial charge in [0.2, 0.25) is 0 Å². The topological polar surface area (TPSA) is 48.5 Å². The van der Waals surface area contributed by atoms with E-state index in [9.17, 15) is 0 Å². The summed E-state index contributed by atoms with van der Waals surface area (Å²) in [6, 6.07) is 27.6. The Balaban J connectivity index is 1.67. The molecule has 0 saturated heterocycles. The number of hydrogen-bond donors (Lipinski definition) is 0. The zero-order chi connectivity index (χ0) is 22.8. The number of rotatable bonds is 2. The van der Waals surface area contributed by atoms with Gasteiger partial charge in [0.25, 0.3) is 0 Å². The summed E-state index contributed by atoms with van der Waals surface area (Å²) in [5.74, 6) is 0. The largest absolute Gasteiger partial charge is 0.306 e.